The lowest BCUT2D eigenvalue weighted by molar-refractivity contribution is -0.122. The van der Waals surface area contributed by atoms with Crippen LogP contribution in [0, 0.1) is 6.92 Å². The van der Waals surface area contributed by atoms with Gasteiger partial charge in [-0.25, -0.2) is 0 Å². The third-order valence-corrected chi connectivity index (χ3v) is 6.15. The Morgan fingerprint density at radius 3 is 2.28 bits per heavy atom. The average molecular weight is 386 g/mol. The molecule has 1 saturated heterocycles. The van der Waals surface area contributed by atoms with Crippen LogP contribution in [0.2, 0.25) is 0 Å². The Balaban J connectivity index is 1.71. The van der Waals surface area contributed by atoms with Crippen LogP contribution in [-0.2, 0) is 4.79 Å². The molecule has 2 aromatic carbocycles. The van der Waals surface area contributed by atoms with E-state index in [-0.39, 0.29) is 5.91 Å². The molecule has 0 aliphatic carbocycles. The average Bonchev–Trinajstić information content (AvgIpc) is 2.86. The monoisotopic (exact) mass is 385 g/mol. The summed E-state index contributed by atoms with van der Waals surface area (Å²) >= 11 is 8.43. The fraction of sp³-hybridized carbons (Fsp3) is 0.200. The van der Waals surface area contributed by atoms with Crippen molar-refractivity contribution in [3.63, 3.8) is 0 Å². The molecule has 0 saturated carbocycles. The summed E-state index contributed by atoms with van der Waals surface area (Å²) in [5.74, 6) is 0.0231. The highest BCUT2D eigenvalue weighted by atomic mass is 32.2. The van der Waals surface area contributed by atoms with Gasteiger partial charge in [0, 0.05) is 16.3 Å². The molecule has 1 aliphatic heterocycles. The lowest BCUT2D eigenvalue weighted by Crippen LogP contribution is -2.28. The summed E-state index contributed by atoms with van der Waals surface area (Å²) in [6.45, 7) is 4.83. The number of nitrogens with zero attached hydrogens (tertiary/aromatic N) is 1. The minimum Gasteiger partial charge on any atom is -0.293 e. The molecule has 1 amide bonds. The number of hydrogen-bond acceptors (Lipinski definition) is 4. The van der Waals surface area contributed by atoms with E-state index in [1.807, 2.05) is 25.1 Å². The molecule has 0 aromatic heterocycles. The van der Waals surface area contributed by atoms with Gasteiger partial charge < -0.3 is 0 Å². The Morgan fingerprint density at radius 2 is 1.68 bits per heavy atom. The van der Waals surface area contributed by atoms with E-state index in [0.29, 0.717) is 15.8 Å². The lowest BCUT2D eigenvalue weighted by Gasteiger charge is -2.11. The first-order valence-electron chi connectivity index (χ1n) is 8.17. The van der Waals surface area contributed by atoms with Crippen LogP contribution in [0.3, 0.4) is 0 Å². The largest absolute Gasteiger partial charge is 0.293 e. The summed E-state index contributed by atoms with van der Waals surface area (Å²) < 4.78 is 0.657. The minimum absolute atomic E-state index is 0.0231. The first kappa shape index (κ1) is 18.2. The molecule has 5 heteroatoms. The smallest absolute Gasteiger partial charge is 0.266 e. The molecule has 0 N–H and O–H groups in total. The van der Waals surface area contributed by atoms with Crippen molar-refractivity contribution >= 4 is 52.0 Å². The van der Waals surface area contributed by atoms with Crippen molar-refractivity contribution < 1.29 is 4.79 Å². The second-order valence-corrected chi connectivity index (χ2v) is 8.64. The number of carbonyl (C=O) groups excluding carboxylic acids is 1. The number of benzene rings is 2. The van der Waals surface area contributed by atoms with E-state index < -0.39 is 0 Å². The second-order valence-electron chi connectivity index (χ2n) is 5.82. The predicted octanol–water partition coefficient (Wildman–Crippen LogP) is 5.76. The van der Waals surface area contributed by atoms with Crippen molar-refractivity contribution in [3.8, 4) is 0 Å². The number of amides is 1. The number of rotatable bonds is 5. The number of aryl methyl sites for hydroxylation is 1. The van der Waals surface area contributed by atoms with Gasteiger partial charge in [-0.2, -0.15) is 0 Å². The van der Waals surface area contributed by atoms with E-state index in [2.05, 4.69) is 43.3 Å². The van der Waals surface area contributed by atoms with Crippen molar-refractivity contribution in [2.24, 2.45) is 0 Å². The van der Waals surface area contributed by atoms with E-state index in [9.17, 15) is 4.79 Å². The lowest BCUT2D eigenvalue weighted by atomic mass is 10.2. The molecule has 1 fully saturated rings. The highest BCUT2D eigenvalue weighted by Crippen LogP contribution is 2.33. The van der Waals surface area contributed by atoms with Crippen LogP contribution >= 0.6 is 35.7 Å². The van der Waals surface area contributed by atoms with Crippen molar-refractivity contribution in [2.45, 2.75) is 30.1 Å². The zero-order valence-electron chi connectivity index (χ0n) is 14.2. The third kappa shape index (κ3) is 4.54. The van der Waals surface area contributed by atoms with Gasteiger partial charge in [0.2, 0.25) is 0 Å². The Labute approximate surface area is 162 Å². The molecule has 3 rings (SSSR count). The van der Waals surface area contributed by atoms with Crippen LogP contribution in [-0.4, -0.2) is 21.7 Å². The second kappa shape index (κ2) is 8.21. The normalized spacial score (nSPS) is 16.1. The molecule has 0 radical (unpaired) electrons. The molecule has 0 atom stereocenters. The van der Waals surface area contributed by atoms with E-state index in [1.165, 1.54) is 27.1 Å². The Morgan fingerprint density at radius 1 is 1.08 bits per heavy atom. The maximum atomic E-state index is 12.4. The fourth-order valence-corrected chi connectivity index (χ4v) is 4.57. The zero-order chi connectivity index (χ0) is 17.8. The van der Waals surface area contributed by atoms with Gasteiger partial charge >= 0.3 is 0 Å². The van der Waals surface area contributed by atoms with Gasteiger partial charge in [-0.3, -0.25) is 9.69 Å². The number of thioether (sulfide) groups is 1. The maximum absolute atomic E-state index is 12.4. The van der Waals surface area contributed by atoms with Crippen molar-refractivity contribution in [1.82, 2.24) is 4.90 Å². The summed E-state index contributed by atoms with van der Waals surface area (Å²) in [6.07, 6.45) is 2.83. The summed E-state index contributed by atoms with van der Waals surface area (Å²) in [5.41, 5.74) is 2.28. The van der Waals surface area contributed by atoms with Gasteiger partial charge in [0.15, 0.2) is 0 Å². The minimum atomic E-state index is 0.0231. The molecular weight excluding hydrogens is 366 g/mol. The highest BCUT2D eigenvalue weighted by Gasteiger charge is 2.31. The number of carbonyl (C=O) groups is 1. The molecule has 1 aliphatic rings. The maximum Gasteiger partial charge on any atom is 0.266 e. The van der Waals surface area contributed by atoms with Crippen LogP contribution in [0.1, 0.15) is 24.5 Å². The van der Waals surface area contributed by atoms with Crippen LogP contribution in [0.15, 0.2) is 63.2 Å². The molecule has 25 heavy (non-hydrogen) atoms. The summed E-state index contributed by atoms with van der Waals surface area (Å²) in [4.78, 5) is 17.2. The van der Waals surface area contributed by atoms with Gasteiger partial charge in [0.1, 0.15) is 4.32 Å². The molecule has 0 unspecified atom stereocenters. The van der Waals surface area contributed by atoms with Gasteiger partial charge in [-0.1, -0.05) is 72.5 Å². The third-order valence-electron chi connectivity index (χ3n) is 3.76. The van der Waals surface area contributed by atoms with Crippen LogP contribution in [0.5, 0.6) is 0 Å². The SMILES string of the molecule is CCCN1C(=O)/C(=C\c2ccc(Sc3ccc(C)cc3)cc2)SC1=S. The van der Waals surface area contributed by atoms with E-state index >= 15 is 0 Å². The van der Waals surface area contributed by atoms with Crippen molar-refractivity contribution in [1.29, 1.82) is 0 Å². The number of thiocarbonyl (C=S) groups is 1. The Bertz CT molecular complexity index is 810. The first-order chi connectivity index (χ1) is 12.1. The predicted molar refractivity (Wildman–Crippen MR) is 112 cm³/mol. The quantitative estimate of drug-likeness (QED) is 0.482. The van der Waals surface area contributed by atoms with Crippen LogP contribution in [0.25, 0.3) is 6.08 Å². The molecule has 2 aromatic rings. The molecular formula is C20H19NOS3. The molecule has 0 spiro atoms. The molecule has 1 heterocycles. The molecule has 128 valence electrons. The summed E-state index contributed by atoms with van der Waals surface area (Å²) in [5, 5.41) is 0. The molecule has 2 nitrogen and oxygen atoms in total. The Hall–Kier alpha value is -1.56. The van der Waals surface area contributed by atoms with E-state index in [4.69, 9.17) is 12.2 Å². The first-order valence-corrected chi connectivity index (χ1v) is 10.2. The molecule has 0 bridgehead atoms. The fourth-order valence-electron chi connectivity index (χ4n) is 2.44. The van der Waals surface area contributed by atoms with Gasteiger partial charge in [-0.15, -0.1) is 0 Å². The van der Waals surface area contributed by atoms with E-state index in [1.54, 1.807) is 16.7 Å². The summed E-state index contributed by atoms with van der Waals surface area (Å²) in [7, 11) is 0. The van der Waals surface area contributed by atoms with Crippen LogP contribution < -0.4 is 0 Å². The Kier molecular flexibility index (Phi) is 5.99. The van der Waals surface area contributed by atoms with Gasteiger partial charge in [0.05, 0.1) is 4.91 Å². The van der Waals surface area contributed by atoms with Crippen LogP contribution in [0.4, 0.5) is 0 Å². The summed E-state index contributed by atoms with van der Waals surface area (Å²) in [6, 6.07) is 16.8. The standard InChI is InChI=1S/C20H19NOS3/c1-3-12-21-19(22)18(25-20(21)23)13-15-6-10-17(11-7-15)24-16-8-4-14(2)5-9-16/h4-11,13H,3,12H2,1-2H3/b18-13+. The highest BCUT2D eigenvalue weighted by molar-refractivity contribution is 8.26. The zero-order valence-corrected chi connectivity index (χ0v) is 16.6. The van der Waals surface area contributed by atoms with Gasteiger partial charge in [0.25, 0.3) is 5.91 Å². The van der Waals surface area contributed by atoms with E-state index in [0.717, 1.165) is 12.0 Å². The number of hydrogen-bond donors (Lipinski definition) is 0. The topological polar surface area (TPSA) is 20.3 Å². The van der Waals surface area contributed by atoms with Crippen molar-refractivity contribution in [2.75, 3.05) is 6.54 Å². The van der Waals surface area contributed by atoms with Gasteiger partial charge in [-0.05, 0) is 49.2 Å². The van der Waals surface area contributed by atoms with Crippen molar-refractivity contribution in [3.05, 3.63) is 64.6 Å².